The minimum Gasteiger partial charge on any atom is -0.299 e. The highest BCUT2D eigenvalue weighted by Crippen LogP contribution is 2.28. The smallest absolute Gasteiger partial charge is 0.0271 e. The molecule has 3 saturated heterocycles. The van der Waals surface area contributed by atoms with Crippen LogP contribution in [0.3, 0.4) is 0 Å². The van der Waals surface area contributed by atoms with Crippen molar-refractivity contribution in [2.24, 2.45) is 5.92 Å². The minimum atomic E-state index is 0.785. The first-order valence-corrected chi connectivity index (χ1v) is 9.59. The van der Waals surface area contributed by atoms with Crippen LogP contribution in [0.1, 0.15) is 24.8 Å². The van der Waals surface area contributed by atoms with Crippen molar-refractivity contribution in [1.82, 2.24) is 14.8 Å². The second-order valence-electron chi connectivity index (χ2n) is 6.49. The van der Waals surface area contributed by atoms with Crippen molar-refractivity contribution in [3.63, 3.8) is 0 Å². The lowest BCUT2D eigenvalue weighted by Gasteiger charge is -2.36. The van der Waals surface area contributed by atoms with Crippen molar-refractivity contribution in [3.8, 4) is 0 Å². The standard InChI is InChI=1S/C17H27N3S/c1-21-10-2-9-20-13-16-3-4-17(20)14-19(12-16)11-15-5-7-18-8-6-15/h5-8,16-17H,2-4,9-14H2,1H3/t16-,17+/m0/s1. The van der Waals surface area contributed by atoms with Crippen LogP contribution in [-0.4, -0.2) is 59.0 Å². The van der Waals surface area contributed by atoms with Gasteiger partial charge in [0.1, 0.15) is 0 Å². The molecule has 4 heterocycles. The van der Waals surface area contributed by atoms with E-state index < -0.39 is 0 Å². The first kappa shape index (κ1) is 15.3. The molecule has 3 aliphatic rings. The topological polar surface area (TPSA) is 19.4 Å². The van der Waals surface area contributed by atoms with Crippen LogP contribution in [0.15, 0.2) is 24.5 Å². The van der Waals surface area contributed by atoms with Gasteiger partial charge < -0.3 is 0 Å². The van der Waals surface area contributed by atoms with Crippen LogP contribution in [0.4, 0.5) is 0 Å². The molecule has 0 unspecified atom stereocenters. The summed E-state index contributed by atoms with van der Waals surface area (Å²) in [5.41, 5.74) is 1.40. The fraction of sp³-hybridized carbons (Fsp3) is 0.706. The predicted octanol–water partition coefficient (Wildman–Crippen LogP) is 2.73. The van der Waals surface area contributed by atoms with Gasteiger partial charge >= 0.3 is 0 Å². The maximum atomic E-state index is 4.12. The predicted molar refractivity (Wildman–Crippen MR) is 90.6 cm³/mol. The van der Waals surface area contributed by atoms with Crippen molar-refractivity contribution in [2.75, 3.05) is 38.2 Å². The highest BCUT2D eigenvalue weighted by molar-refractivity contribution is 7.98. The van der Waals surface area contributed by atoms with Gasteiger partial charge in [-0.05, 0) is 61.4 Å². The van der Waals surface area contributed by atoms with Crippen LogP contribution >= 0.6 is 11.8 Å². The lowest BCUT2D eigenvalue weighted by molar-refractivity contribution is 0.131. The van der Waals surface area contributed by atoms with E-state index in [0.29, 0.717) is 0 Å². The Kier molecular flexibility index (Phi) is 5.55. The normalized spacial score (nSPS) is 26.9. The van der Waals surface area contributed by atoms with Crippen molar-refractivity contribution < 1.29 is 0 Å². The Labute approximate surface area is 133 Å². The first-order chi connectivity index (χ1) is 10.3. The lowest BCUT2D eigenvalue weighted by atomic mass is 9.95. The number of hydrogen-bond acceptors (Lipinski definition) is 4. The van der Waals surface area contributed by atoms with Crippen LogP contribution in [0.25, 0.3) is 0 Å². The largest absolute Gasteiger partial charge is 0.299 e. The summed E-state index contributed by atoms with van der Waals surface area (Å²) in [5, 5.41) is 0. The summed E-state index contributed by atoms with van der Waals surface area (Å²) < 4.78 is 0. The maximum absolute atomic E-state index is 4.12. The molecule has 0 saturated carbocycles. The fourth-order valence-electron chi connectivity index (χ4n) is 3.84. The number of hydrogen-bond donors (Lipinski definition) is 0. The molecule has 3 nitrogen and oxygen atoms in total. The van der Waals surface area contributed by atoms with E-state index >= 15 is 0 Å². The van der Waals surface area contributed by atoms with E-state index in [1.54, 1.807) is 0 Å². The quantitative estimate of drug-likeness (QED) is 0.752. The summed E-state index contributed by atoms with van der Waals surface area (Å²) in [4.78, 5) is 9.57. The Morgan fingerprint density at radius 1 is 1.19 bits per heavy atom. The van der Waals surface area contributed by atoms with Gasteiger partial charge in [0.15, 0.2) is 0 Å². The van der Waals surface area contributed by atoms with Crippen LogP contribution < -0.4 is 0 Å². The van der Waals surface area contributed by atoms with Gasteiger partial charge in [0.2, 0.25) is 0 Å². The average Bonchev–Trinajstić information content (AvgIpc) is 2.79. The van der Waals surface area contributed by atoms with E-state index in [1.165, 1.54) is 56.8 Å². The van der Waals surface area contributed by atoms with Crippen molar-refractivity contribution in [1.29, 1.82) is 0 Å². The van der Waals surface area contributed by atoms with Gasteiger partial charge in [-0.2, -0.15) is 11.8 Å². The minimum absolute atomic E-state index is 0.785. The van der Waals surface area contributed by atoms with E-state index in [1.807, 2.05) is 24.2 Å². The van der Waals surface area contributed by atoms with E-state index in [2.05, 4.69) is 33.2 Å². The molecule has 0 amide bonds. The summed E-state index contributed by atoms with van der Waals surface area (Å²) in [6.45, 7) is 6.24. The average molecular weight is 305 g/mol. The molecule has 0 aliphatic carbocycles. The summed E-state index contributed by atoms with van der Waals surface area (Å²) >= 11 is 1.97. The highest BCUT2D eigenvalue weighted by atomic mass is 32.2. The number of piperidine rings is 1. The molecule has 2 atom stereocenters. The Hall–Kier alpha value is -0.580. The van der Waals surface area contributed by atoms with Gasteiger partial charge in [0.25, 0.3) is 0 Å². The Bertz CT molecular complexity index is 425. The van der Waals surface area contributed by atoms with Gasteiger partial charge in [0.05, 0.1) is 0 Å². The Morgan fingerprint density at radius 3 is 2.86 bits per heavy atom. The molecular weight excluding hydrogens is 278 g/mol. The SMILES string of the molecule is CSCCCN1C[C@H]2CC[C@@H]1CN(Cc1ccncc1)C2. The Balaban J connectivity index is 1.58. The number of fused-ring (bicyclic) bond motifs is 4. The third kappa shape index (κ3) is 4.21. The van der Waals surface area contributed by atoms with E-state index in [9.17, 15) is 0 Å². The van der Waals surface area contributed by atoms with E-state index in [4.69, 9.17) is 0 Å². The number of pyridine rings is 1. The molecule has 0 spiro atoms. The zero-order valence-corrected chi connectivity index (χ0v) is 13.9. The molecule has 3 aliphatic heterocycles. The van der Waals surface area contributed by atoms with Crippen molar-refractivity contribution in [2.45, 2.75) is 31.8 Å². The van der Waals surface area contributed by atoms with Gasteiger partial charge in [0, 0.05) is 44.6 Å². The molecule has 1 aromatic heterocycles. The van der Waals surface area contributed by atoms with Crippen LogP contribution in [0, 0.1) is 5.92 Å². The summed E-state index contributed by atoms with van der Waals surface area (Å²) in [6, 6.07) is 5.10. The zero-order chi connectivity index (χ0) is 14.5. The molecular formula is C17H27N3S. The van der Waals surface area contributed by atoms with Gasteiger partial charge in [-0.25, -0.2) is 0 Å². The lowest BCUT2D eigenvalue weighted by Crippen LogP contribution is -2.44. The molecule has 3 fully saturated rings. The summed E-state index contributed by atoms with van der Waals surface area (Å²) in [7, 11) is 0. The van der Waals surface area contributed by atoms with Gasteiger partial charge in [-0.15, -0.1) is 0 Å². The fourth-order valence-corrected chi connectivity index (χ4v) is 4.26. The van der Waals surface area contributed by atoms with Crippen LogP contribution in [0.2, 0.25) is 0 Å². The second kappa shape index (κ2) is 7.61. The molecule has 0 radical (unpaired) electrons. The van der Waals surface area contributed by atoms with Crippen LogP contribution in [0.5, 0.6) is 0 Å². The van der Waals surface area contributed by atoms with E-state index in [-0.39, 0.29) is 0 Å². The number of nitrogens with zero attached hydrogens (tertiary/aromatic N) is 3. The maximum Gasteiger partial charge on any atom is 0.0271 e. The number of thioether (sulfide) groups is 1. The molecule has 21 heavy (non-hydrogen) atoms. The summed E-state index contributed by atoms with van der Waals surface area (Å²) in [5.74, 6) is 2.18. The third-order valence-corrected chi connectivity index (χ3v) is 5.55. The molecule has 0 N–H and O–H groups in total. The van der Waals surface area contributed by atoms with Crippen molar-refractivity contribution >= 4 is 11.8 Å². The van der Waals surface area contributed by atoms with Crippen molar-refractivity contribution in [3.05, 3.63) is 30.1 Å². The molecule has 0 aromatic carbocycles. The first-order valence-electron chi connectivity index (χ1n) is 8.19. The molecule has 4 rings (SSSR count). The highest BCUT2D eigenvalue weighted by Gasteiger charge is 2.34. The molecule has 116 valence electrons. The Morgan fingerprint density at radius 2 is 2.05 bits per heavy atom. The van der Waals surface area contributed by atoms with Crippen LogP contribution in [-0.2, 0) is 6.54 Å². The zero-order valence-electron chi connectivity index (χ0n) is 13.1. The summed E-state index contributed by atoms with van der Waals surface area (Å²) in [6.07, 6.45) is 10.2. The van der Waals surface area contributed by atoms with E-state index in [0.717, 1.165) is 18.5 Å². The molecule has 2 bridgehead atoms. The number of aromatic nitrogens is 1. The number of rotatable bonds is 6. The monoisotopic (exact) mass is 305 g/mol. The van der Waals surface area contributed by atoms with Gasteiger partial charge in [-0.1, -0.05) is 0 Å². The van der Waals surface area contributed by atoms with Gasteiger partial charge in [-0.3, -0.25) is 14.8 Å². The molecule has 1 aromatic rings. The molecule has 4 heteroatoms. The third-order valence-electron chi connectivity index (χ3n) is 4.85. The second-order valence-corrected chi connectivity index (χ2v) is 7.47.